The van der Waals surface area contributed by atoms with Gasteiger partial charge < -0.3 is 15.4 Å². The largest absolute Gasteiger partial charge is 0.461 e. The highest BCUT2D eigenvalue weighted by molar-refractivity contribution is 5.88. The van der Waals surface area contributed by atoms with Crippen LogP contribution in [0.4, 0.5) is 0 Å². The first kappa shape index (κ1) is 24.4. The zero-order valence-corrected chi connectivity index (χ0v) is 19.5. The van der Waals surface area contributed by atoms with E-state index < -0.39 is 12.1 Å². The molecule has 2 N–H and O–H groups in total. The highest BCUT2D eigenvalue weighted by Gasteiger charge is 2.36. The normalized spacial score (nSPS) is 23.7. The van der Waals surface area contributed by atoms with Crippen molar-refractivity contribution in [3.05, 3.63) is 0 Å². The second kappa shape index (κ2) is 12.1. The minimum absolute atomic E-state index is 0.0951. The summed E-state index contributed by atoms with van der Waals surface area (Å²) in [5.74, 6) is 0.367. The molecule has 0 aromatic carbocycles. The number of carbonyl (C=O) groups excluding carboxylic acids is 3. The van der Waals surface area contributed by atoms with Gasteiger partial charge in [0.05, 0.1) is 6.04 Å². The lowest BCUT2D eigenvalue weighted by atomic mass is 9.92. The summed E-state index contributed by atoms with van der Waals surface area (Å²) in [4.78, 5) is 38.5. The lowest BCUT2D eigenvalue weighted by molar-refractivity contribution is -0.151. The molecule has 0 heterocycles. The van der Waals surface area contributed by atoms with E-state index in [1.165, 1.54) is 12.8 Å². The summed E-state index contributed by atoms with van der Waals surface area (Å²) in [5, 5.41) is 6.63. The molecule has 0 saturated heterocycles. The van der Waals surface area contributed by atoms with E-state index in [9.17, 15) is 14.4 Å². The van der Waals surface area contributed by atoms with E-state index >= 15 is 0 Å². The van der Waals surface area contributed by atoms with Gasteiger partial charge in [-0.05, 0) is 58.9 Å². The van der Waals surface area contributed by atoms with Crippen LogP contribution in [0.3, 0.4) is 0 Å². The van der Waals surface area contributed by atoms with Crippen molar-refractivity contribution >= 4 is 17.5 Å². The number of likely N-dealkylation sites (N-methyl/N-ethyl adjacent to an activating group) is 1. The van der Waals surface area contributed by atoms with Crippen molar-refractivity contribution in [1.82, 2.24) is 10.6 Å². The van der Waals surface area contributed by atoms with Gasteiger partial charge in [-0.15, -0.1) is 0 Å². The summed E-state index contributed by atoms with van der Waals surface area (Å²) in [5.41, 5.74) is 0. The summed E-state index contributed by atoms with van der Waals surface area (Å²) in [7, 11) is 1.79. The Bertz CT molecular complexity index is 605. The highest BCUT2D eigenvalue weighted by Crippen LogP contribution is 2.29. The van der Waals surface area contributed by atoms with Crippen LogP contribution in [0.15, 0.2) is 0 Å². The first-order chi connectivity index (χ1) is 15.0. The molecule has 0 aliphatic heterocycles. The van der Waals surface area contributed by atoms with Crippen LogP contribution in [0.5, 0.6) is 0 Å². The second-order valence-electron chi connectivity index (χ2n) is 9.97. The van der Waals surface area contributed by atoms with Crippen LogP contribution < -0.4 is 10.6 Å². The molecule has 3 fully saturated rings. The number of Topliss-reactive ketones (excluding diaryl/α,β-unsaturated/α-hetero) is 2. The van der Waals surface area contributed by atoms with Crippen LogP contribution in [0.1, 0.15) is 96.8 Å². The second-order valence-corrected chi connectivity index (χ2v) is 9.97. The van der Waals surface area contributed by atoms with Crippen molar-refractivity contribution in [2.45, 2.75) is 121 Å². The fraction of sp³-hybridized carbons (Fsp3) is 0.880. The van der Waals surface area contributed by atoms with Crippen molar-refractivity contribution in [3.63, 3.8) is 0 Å². The van der Waals surface area contributed by atoms with Crippen molar-refractivity contribution in [3.8, 4) is 0 Å². The third-order valence-corrected chi connectivity index (χ3v) is 7.71. The fourth-order valence-electron chi connectivity index (χ4n) is 5.78. The molecule has 0 radical (unpaired) electrons. The Morgan fingerprint density at radius 3 is 1.90 bits per heavy atom. The minimum atomic E-state index is -0.486. The number of hydrogen-bond acceptors (Lipinski definition) is 6. The number of nitrogens with one attached hydrogen (secondary N) is 2. The van der Waals surface area contributed by atoms with Gasteiger partial charge in [0.1, 0.15) is 12.1 Å². The molecule has 0 aromatic heterocycles. The maximum atomic E-state index is 13.2. The van der Waals surface area contributed by atoms with E-state index in [4.69, 9.17) is 4.74 Å². The van der Waals surface area contributed by atoms with Gasteiger partial charge in [-0.2, -0.15) is 0 Å². The SMILES string of the molecule is CNC(CCC(=O)OC(C)C(NC1CCCC1)C(=O)C1CCCC1)C(=O)C1CCCC1. The molecule has 3 unspecified atom stereocenters. The number of esters is 1. The minimum Gasteiger partial charge on any atom is -0.461 e. The molecule has 6 heteroatoms. The monoisotopic (exact) mass is 434 g/mol. The number of carbonyl (C=O) groups is 3. The zero-order chi connectivity index (χ0) is 22.2. The van der Waals surface area contributed by atoms with Gasteiger partial charge in [0, 0.05) is 24.3 Å². The molecule has 3 aliphatic rings. The molecule has 3 rings (SSSR count). The van der Waals surface area contributed by atoms with Crippen molar-refractivity contribution in [2.75, 3.05) is 7.05 Å². The Kier molecular flexibility index (Phi) is 9.51. The van der Waals surface area contributed by atoms with E-state index in [1.807, 2.05) is 6.92 Å². The van der Waals surface area contributed by atoms with Crippen LogP contribution in [-0.2, 0) is 19.1 Å². The van der Waals surface area contributed by atoms with Gasteiger partial charge in [-0.25, -0.2) is 0 Å². The fourth-order valence-corrected chi connectivity index (χ4v) is 5.78. The van der Waals surface area contributed by atoms with Gasteiger partial charge in [0.15, 0.2) is 11.6 Å². The number of hydrogen-bond donors (Lipinski definition) is 2. The van der Waals surface area contributed by atoms with Gasteiger partial charge >= 0.3 is 5.97 Å². The predicted molar refractivity (Wildman–Crippen MR) is 121 cm³/mol. The molecular formula is C25H42N2O4. The molecule has 0 bridgehead atoms. The standard InChI is InChI=1S/C25H42N2O4/c1-17(23(27-20-13-7-8-14-20)25(30)19-11-5-6-12-19)31-22(28)16-15-21(26-2)24(29)18-9-3-4-10-18/h17-21,23,26-27H,3-16H2,1-2H3. The van der Waals surface area contributed by atoms with Gasteiger partial charge in [-0.3, -0.25) is 14.4 Å². The zero-order valence-electron chi connectivity index (χ0n) is 19.5. The van der Waals surface area contributed by atoms with E-state index in [1.54, 1.807) is 7.05 Å². The van der Waals surface area contributed by atoms with Crippen LogP contribution >= 0.6 is 0 Å². The molecule has 0 aromatic rings. The molecule has 6 nitrogen and oxygen atoms in total. The summed E-state index contributed by atoms with van der Waals surface area (Å²) >= 11 is 0. The molecule has 3 saturated carbocycles. The number of ketones is 2. The third kappa shape index (κ3) is 6.85. The first-order valence-corrected chi connectivity index (χ1v) is 12.7. The van der Waals surface area contributed by atoms with Crippen molar-refractivity contribution in [2.24, 2.45) is 11.8 Å². The van der Waals surface area contributed by atoms with Gasteiger partial charge in [0.25, 0.3) is 0 Å². The smallest absolute Gasteiger partial charge is 0.306 e. The van der Waals surface area contributed by atoms with Crippen LogP contribution in [-0.4, -0.2) is 48.8 Å². The lowest BCUT2D eigenvalue weighted by Gasteiger charge is -2.29. The average molecular weight is 435 g/mol. The van der Waals surface area contributed by atoms with E-state index in [-0.39, 0.29) is 41.8 Å². The van der Waals surface area contributed by atoms with Crippen molar-refractivity contribution < 1.29 is 19.1 Å². The third-order valence-electron chi connectivity index (χ3n) is 7.71. The van der Waals surface area contributed by atoms with Gasteiger partial charge in [-0.1, -0.05) is 38.5 Å². The molecule has 176 valence electrons. The number of ether oxygens (including phenoxy) is 1. The van der Waals surface area contributed by atoms with Gasteiger partial charge in [0.2, 0.25) is 0 Å². The summed E-state index contributed by atoms with van der Waals surface area (Å²) < 4.78 is 5.74. The van der Waals surface area contributed by atoms with E-state index in [2.05, 4.69) is 10.6 Å². The quantitative estimate of drug-likeness (QED) is 0.456. The molecule has 3 atom stereocenters. The lowest BCUT2D eigenvalue weighted by Crippen LogP contribution is -2.52. The topological polar surface area (TPSA) is 84.5 Å². The summed E-state index contributed by atoms with van der Waals surface area (Å²) in [6.45, 7) is 1.84. The molecular weight excluding hydrogens is 392 g/mol. The Labute approximate surface area is 187 Å². The molecule has 31 heavy (non-hydrogen) atoms. The molecule has 0 amide bonds. The Morgan fingerprint density at radius 1 is 0.839 bits per heavy atom. The summed E-state index contributed by atoms with van der Waals surface area (Å²) in [6, 6.07) is -0.372. The van der Waals surface area contributed by atoms with Crippen molar-refractivity contribution in [1.29, 1.82) is 0 Å². The summed E-state index contributed by atoms with van der Waals surface area (Å²) in [6.07, 6.45) is 13.0. The Balaban J connectivity index is 1.52. The average Bonchev–Trinajstić information content (AvgIpc) is 3.54. The Hall–Kier alpha value is -1.27. The van der Waals surface area contributed by atoms with E-state index in [0.29, 0.717) is 12.5 Å². The maximum absolute atomic E-state index is 13.2. The molecule has 0 spiro atoms. The maximum Gasteiger partial charge on any atom is 0.306 e. The Morgan fingerprint density at radius 2 is 1.35 bits per heavy atom. The number of rotatable bonds is 12. The van der Waals surface area contributed by atoms with Crippen LogP contribution in [0.2, 0.25) is 0 Å². The molecule has 3 aliphatic carbocycles. The highest BCUT2D eigenvalue weighted by atomic mass is 16.5. The van der Waals surface area contributed by atoms with Crippen LogP contribution in [0.25, 0.3) is 0 Å². The van der Waals surface area contributed by atoms with E-state index in [0.717, 1.165) is 64.2 Å². The first-order valence-electron chi connectivity index (χ1n) is 12.7. The predicted octanol–water partition coefficient (Wildman–Crippen LogP) is 3.71. The van der Waals surface area contributed by atoms with Crippen LogP contribution in [0, 0.1) is 11.8 Å².